The monoisotopic (exact) mass is 357 g/mol. The summed E-state index contributed by atoms with van der Waals surface area (Å²) in [5.74, 6) is -0.469. The molecule has 1 atom stereocenters. The van der Waals surface area contributed by atoms with Crippen LogP contribution < -0.4 is 4.72 Å². The largest absolute Gasteiger partial charge is 0.241 e. The molecule has 0 aliphatic heterocycles. The maximum atomic E-state index is 12.8. The number of benzene rings is 2. The second kappa shape index (κ2) is 6.03. The number of hydrogen-bond donors (Lipinski definition) is 1. The lowest BCUT2D eigenvalue weighted by Gasteiger charge is -2.15. The molecule has 106 valence electrons. The summed E-state index contributed by atoms with van der Waals surface area (Å²) in [6, 6.07) is 11.7. The van der Waals surface area contributed by atoms with Gasteiger partial charge in [-0.05, 0) is 48.9 Å². The van der Waals surface area contributed by atoms with E-state index in [0.29, 0.717) is 0 Å². The normalized spacial score (nSPS) is 13.2. The van der Waals surface area contributed by atoms with Gasteiger partial charge in [0.1, 0.15) is 5.82 Å². The Morgan fingerprint density at radius 3 is 2.40 bits per heavy atom. The maximum Gasteiger partial charge on any atom is 0.241 e. The Kier molecular flexibility index (Phi) is 4.57. The minimum Gasteiger partial charge on any atom is -0.207 e. The molecular weight excluding hydrogens is 345 g/mol. The van der Waals surface area contributed by atoms with Gasteiger partial charge in [-0.2, -0.15) is 0 Å². The molecule has 2 rings (SSSR count). The molecule has 6 heteroatoms. The summed E-state index contributed by atoms with van der Waals surface area (Å²) in [4.78, 5) is 0.0424. The van der Waals surface area contributed by atoms with Crippen molar-refractivity contribution in [2.45, 2.75) is 17.9 Å². The second-order valence-corrected chi connectivity index (χ2v) is 6.98. The van der Waals surface area contributed by atoms with Crippen LogP contribution in [0.1, 0.15) is 18.5 Å². The Morgan fingerprint density at radius 2 is 1.80 bits per heavy atom. The summed E-state index contributed by atoms with van der Waals surface area (Å²) in [5.41, 5.74) is 0.838. The van der Waals surface area contributed by atoms with Crippen molar-refractivity contribution < 1.29 is 12.8 Å². The van der Waals surface area contributed by atoms with Crippen LogP contribution in [-0.2, 0) is 10.0 Å². The molecular formula is C14H13BrFNO2S. The molecule has 2 aromatic rings. The molecule has 0 saturated heterocycles. The number of halogens is 2. The van der Waals surface area contributed by atoms with E-state index in [0.717, 1.165) is 22.2 Å². The number of rotatable bonds is 4. The van der Waals surface area contributed by atoms with Crippen LogP contribution >= 0.6 is 15.9 Å². The standard InChI is InChI=1S/C14H13BrFNO2S/c1-10(11-3-2-4-12(15)9-11)17-20(18,19)14-7-5-13(16)6-8-14/h2-10,17H,1H3. The van der Waals surface area contributed by atoms with Gasteiger partial charge in [0.25, 0.3) is 0 Å². The first kappa shape index (κ1) is 15.2. The van der Waals surface area contributed by atoms with E-state index in [-0.39, 0.29) is 10.9 Å². The van der Waals surface area contributed by atoms with Gasteiger partial charge in [0.2, 0.25) is 10.0 Å². The van der Waals surface area contributed by atoms with Gasteiger partial charge >= 0.3 is 0 Å². The first-order valence-electron chi connectivity index (χ1n) is 5.92. The Hall–Kier alpha value is -1.24. The second-order valence-electron chi connectivity index (χ2n) is 4.35. The van der Waals surface area contributed by atoms with Gasteiger partial charge in [-0.3, -0.25) is 0 Å². The van der Waals surface area contributed by atoms with Gasteiger partial charge in [0.05, 0.1) is 4.90 Å². The number of sulfonamides is 1. The van der Waals surface area contributed by atoms with Gasteiger partial charge in [0, 0.05) is 10.5 Å². The highest BCUT2D eigenvalue weighted by atomic mass is 79.9. The van der Waals surface area contributed by atoms with Crippen LogP contribution in [0.4, 0.5) is 4.39 Å². The molecule has 0 saturated carbocycles. The van der Waals surface area contributed by atoms with Crippen LogP contribution in [0.25, 0.3) is 0 Å². The van der Waals surface area contributed by atoms with E-state index in [1.165, 1.54) is 12.1 Å². The fourth-order valence-electron chi connectivity index (χ4n) is 1.76. The smallest absolute Gasteiger partial charge is 0.207 e. The number of nitrogens with one attached hydrogen (secondary N) is 1. The average Bonchev–Trinajstić information content (AvgIpc) is 2.38. The van der Waals surface area contributed by atoms with Crippen molar-refractivity contribution in [2.75, 3.05) is 0 Å². The van der Waals surface area contributed by atoms with Gasteiger partial charge in [0.15, 0.2) is 0 Å². The molecule has 0 amide bonds. The molecule has 1 N–H and O–H groups in total. The van der Waals surface area contributed by atoms with Crippen molar-refractivity contribution in [1.82, 2.24) is 4.72 Å². The highest BCUT2D eigenvalue weighted by Crippen LogP contribution is 2.20. The molecule has 20 heavy (non-hydrogen) atoms. The van der Waals surface area contributed by atoms with Crippen LogP contribution in [0, 0.1) is 5.82 Å². The maximum absolute atomic E-state index is 12.8. The Bertz CT molecular complexity index is 701. The molecule has 0 heterocycles. The van der Waals surface area contributed by atoms with E-state index < -0.39 is 15.8 Å². The molecule has 0 aliphatic rings. The van der Waals surface area contributed by atoms with Gasteiger partial charge in [-0.1, -0.05) is 28.1 Å². The van der Waals surface area contributed by atoms with E-state index in [1.807, 2.05) is 24.3 Å². The predicted molar refractivity (Wildman–Crippen MR) is 79.3 cm³/mol. The van der Waals surface area contributed by atoms with Crippen molar-refractivity contribution in [3.63, 3.8) is 0 Å². The SMILES string of the molecule is CC(NS(=O)(=O)c1ccc(F)cc1)c1cccc(Br)c1. The Balaban J connectivity index is 2.22. The lowest BCUT2D eigenvalue weighted by atomic mass is 10.1. The van der Waals surface area contributed by atoms with E-state index in [2.05, 4.69) is 20.7 Å². The van der Waals surface area contributed by atoms with E-state index >= 15 is 0 Å². The van der Waals surface area contributed by atoms with Gasteiger partial charge in [-0.15, -0.1) is 0 Å². The molecule has 0 fully saturated rings. The zero-order valence-corrected chi connectivity index (χ0v) is 13.1. The molecule has 1 unspecified atom stereocenters. The van der Waals surface area contributed by atoms with Crippen LogP contribution in [0.15, 0.2) is 57.9 Å². The van der Waals surface area contributed by atoms with E-state index in [1.54, 1.807) is 6.92 Å². The first-order chi connectivity index (χ1) is 9.38. The summed E-state index contributed by atoms with van der Waals surface area (Å²) in [6.07, 6.45) is 0. The molecule has 0 aliphatic carbocycles. The van der Waals surface area contributed by atoms with Crippen LogP contribution in [0.3, 0.4) is 0 Å². The third kappa shape index (κ3) is 3.65. The third-order valence-electron chi connectivity index (χ3n) is 2.80. The molecule has 0 aromatic heterocycles. The molecule has 2 aromatic carbocycles. The minimum absolute atomic E-state index is 0.0424. The summed E-state index contributed by atoms with van der Waals surface area (Å²) in [7, 11) is -3.67. The van der Waals surface area contributed by atoms with Crippen LogP contribution in [-0.4, -0.2) is 8.42 Å². The summed E-state index contributed by atoms with van der Waals surface area (Å²) in [6.45, 7) is 1.75. The molecule has 0 spiro atoms. The Labute approximate surface area is 126 Å². The lowest BCUT2D eigenvalue weighted by molar-refractivity contribution is 0.566. The predicted octanol–water partition coefficient (Wildman–Crippen LogP) is 3.63. The summed E-state index contributed by atoms with van der Waals surface area (Å²) >= 11 is 3.34. The Morgan fingerprint density at radius 1 is 1.15 bits per heavy atom. The summed E-state index contributed by atoms with van der Waals surface area (Å²) in [5, 5.41) is 0. The topological polar surface area (TPSA) is 46.2 Å². The van der Waals surface area contributed by atoms with Crippen LogP contribution in [0.2, 0.25) is 0 Å². The first-order valence-corrected chi connectivity index (χ1v) is 8.19. The highest BCUT2D eigenvalue weighted by molar-refractivity contribution is 9.10. The van der Waals surface area contributed by atoms with Gasteiger partial charge < -0.3 is 0 Å². The fourth-order valence-corrected chi connectivity index (χ4v) is 3.41. The zero-order chi connectivity index (χ0) is 14.8. The minimum atomic E-state index is -3.67. The zero-order valence-electron chi connectivity index (χ0n) is 10.7. The lowest BCUT2D eigenvalue weighted by Crippen LogP contribution is -2.26. The molecule has 0 radical (unpaired) electrons. The van der Waals surface area contributed by atoms with Crippen molar-refractivity contribution in [3.05, 3.63) is 64.4 Å². The van der Waals surface area contributed by atoms with Crippen molar-refractivity contribution in [3.8, 4) is 0 Å². The quantitative estimate of drug-likeness (QED) is 0.907. The third-order valence-corrected chi connectivity index (χ3v) is 4.85. The molecule has 0 bridgehead atoms. The van der Waals surface area contributed by atoms with Crippen molar-refractivity contribution in [2.24, 2.45) is 0 Å². The van der Waals surface area contributed by atoms with Crippen LogP contribution in [0.5, 0.6) is 0 Å². The molecule has 3 nitrogen and oxygen atoms in total. The summed E-state index contributed by atoms with van der Waals surface area (Å²) < 4.78 is 40.6. The fraction of sp³-hybridized carbons (Fsp3) is 0.143. The van der Waals surface area contributed by atoms with E-state index in [9.17, 15) is 12.8 Å². The van der Waals surface area contributed by atoms with Crippen molar-refractivity contribution in [1.29, 1.82) is 0 Å². The van der Waals surface area contributed by atoms with Crippen molar-refractivity contribution >= 4 is 26.0 Å². The van der Waals surface area contributed by atoms with E-state index in [4.69, 9.17) is 0 Å². The average molecular weight is 358 g/mol. The highest BCUT2D eigenvalue weighted by Gasteiger charge is 2.18. The number of hydrogen-bond acceptors (Lipinski definition) is 2. The van der Waals surface area contributed by atoms with Gasteiger partial charge in [-0.25, -0.2) is 17.5 Å².